The molecule has 4 nitrogen and oxygen atoms in total. The van der Waals surface area contributed by atoms with E-state index in [0.717, 1.165) is 25.8 Å². The first-order valence-corrected chi connectivity index (χ1v) is 6.41. The summed E-state index contributed by atoms with van der Waals surface area (Å²) in [4.78, 5) is 0. The van der Waals surface area contributed by atoms with Gasteiger partial charge in [-0.2, -0.15) is 5.26 Å². The van der Waals surface area contributed by atoms with Gasteiger partial charge in [0.15, 0.2) is 0 Å². The highest BCUT2D eigenvalue weighted by atomic mass is 16.5. The molecule has 0 amide bonds. The molecule has 0 fully saturated rings. The third-order valence-electron chi connectivity index (χ3n) is 2.88. The summed E-state index contributed by atoms with van der Waals surface area (Å²) in [6, 6.07) is 2.39. The van der Waals surface area contributed by atoms with Crippen molar-refractivity contribution < 1.29 is 9.47 Å². The maximum absolute atomic E-state index is 9.23. The van der Waals surface area contributed by atoms with Crippen molar-refractivity contribution in [3.05, 3.63) is 0 Å². The highest BCUT2D eigenvalue weighted by Gasteiger charge is 2.25. The quantitative estimate of drug-likeness (QED) is 0.596. The molecule has 100 valence electrons. The van der Waals surface area contributed by atoms with Crippen molar-refractivity contribution >= 4 is 0 Å². The summed E-state index contributed by atoms with van der Waals surface area (Å²) < 4.78 is 10.6. The summed E-state index contributed by atoms with van der Waals surface area (Å²) in [6.07, 6.45) is 2.67. The number of methoxy groups -OCH3 is 1. The van der Waals surface area contributed by atoms with E-state index < -0.39 is 0 Å². The fourth-order valence-electron chi connectivity index (χ4n) is 1.84. The molecular formula is C13H26N2O2. The van der Waals surface area contributed by atoms with E-state index >= 15 is 0 Å². The number of hydrogen-bond donors (Lipinski definition) is 1. The molecule has 0 radical (unpaired) electrons. The van der Waals surface area contributed by atoms with Gasteiger partial charge in [0, 0.05) is 13.7 Å². The van der Waals surface area contributed by atoms with Gasteiger partial charge in [0.1, 0.15) is 5.54 Å². The van der Waals surface area contributed by atoms with E-state index in [4.69, 9.17) is 9.47 Å². The molecule has 17 heavy (non-hydrogen) atoms. The van der Waals surface area contributed by atoms with Crippen LogP contribution in [0.25, 0.3) is 0 Å². The van der Waals surface area contributed by atoms with Crippen molar-refractivity contribution in [3.63, 3.8) is 0 Å². The average Bonchev–Trinajstić information content (AvgIpc) is 2.33. The monoisotopic (exact) mass is 242 g/mol. The first-order chi connectivity index (χ1) is 8.14. The SMILES string of the molecule is CCNC(C#N)(CC)CCCOC(C)COC. The van der Waals surface area contributed by atoms with Gasteiger partial charge in [0.05, 0.1) is 18.8 Å². The van der Waals surface area contributed by atoms with Crippen molar-refractivity contribution in [2.45, 2.75) is 51.7 Å². The maximum Gasteiger partial charge on any atom is 0.106 e. The average molecular weight is 242 g/mol. The molecule has 0 bridgehead atoms. The smallest absolute Gasteiger partial charge is 0.106 e. The Hall–Kier alpha value is -0.630. The molecule has 0 heterocycles. The third-order valence-corrected chi connectivity index (χ3v) is 2.88. The van der Waals surface area contributed by atoms with E-state index in [2.05, 4.69) is 11.4 Å². The van der Waals surface area contributed by atoms with Gasteiger partial charge < -0.3 is 9.47 Å². The minimum atomic E-state index is -0.386. The predicted molar refractivity (Wildman–Crippen MR) is 68.8 cm³/mol. The number of nitriles is 1. The van der Waals surface area contributed by atoms with Crippen molar-refractivity contribution in [2.75, 3.05) is 26.9 Å². The van der Waals surface area contributed by atoms with Crippen LogP contribution in [-0.4, -0.2) is 38.5 Å². The van der Waals surface area contributed by atoms with E-state index in [1.807, 2.05) is 20.8 Å². The van der Waals surface area contributed by atoms with E-state index in [1.54, 1.807) is 7.11 Å². The zero-order chi connectivity index (χ0) is 13.1. The highest BCUT2D eigenvalue weighted by Crippen LogP contribution is 2.16. The van der Waals surface area contributed by atoms with Crippen molar-refractivity contribution in [2.24, 2.45) is 0 Å². The molecule has 0 aliphatic rings. The molecule has 0 aromatic carbocycles. The van der Waals surface area contributed by atoms with Gasteiger partial charge in [-0.3, -0.25) is 5.32 Å². The Morgan fingerprint density at radius 1 is 1.41 bits per heavy atom. The van der Waals surface area contributed by atoms with Crippen LogP contribution in [0.4, 0.5) is 0 Å². The Balaban J connectivity index is 3.87. The molecule has 0 saturated heterocycles. The Morgan fingerprint density at radius 2 is 2.12 bits per heavy atom. The molecule has 0 aromatic rings. The number of nitrogens with zero attached hydrogens (tertiary/aromatic N) is 1. The molecule has 2 unspecified atom stereocenters. The third kappa shape index (κ3) is 6.62. The molecule has 2 atom stereocenters. The molecule has 0 aliphatic carbocycles. The van der Waals surface area contributed by atoms with E-state index in [1.165, 1.54) is 0 Å². The van der Waals surface area contributed by atoms with Crippen LogP contribution in [0.1, 0.15) is 40.0 Å². The number of ether oxygens (including phenoxy) is 2. The van der Waals surface area contributed by atoms with Gasteiger partial charge in [0.25, 0.3) is 0 Å². The van der Waals surface area contributed by atoms with Crippen molar-refractivity contribution in [1.82, 2.24) is 5.32 Å². The van der Waals surface area contributed by atoms with Gasteiger partial charge in [0.2, 0.25) is 0 Å². The summed E-state index contributed by atoms with van der Waals surface area (Å²) in [5.41, 5.74) is -0.386. The summed E-state index contributed by atoms with van der Waals surface area (Å²) >= 11 is 0. The van der Waals surface area contributed by atoms with Crippen LogP contribution in [0, 0.1) is 11.3 Å². The van der Waals surface area contributed by atoms with Crippen LogP contribution in [0.2, 0.25) is 0 Å². The summed E-state index contributed by atoms with van der Waals surface area (Å²) in [6.45, 7) is 8.18. The van der Waals surface area contributed by atoms with Crippen LogP contribution in [0.15, 0.2) is 0 Å². The summed E-state index contributed by atoms with van der Waals surface area (Å²) in [7, 11) is 1.67. The lowest BCUT2D eigenvalue weighted by Gasteiger charge is -2.26. The molecule has 0 aliphatic heterocycles. The van der Waals surface area contributed by atoms with Gasteiger partial charge >= 0.3 is 0 Å². The van der Waals surface area contributed by atoms with Gasteiger partial charge in [-0.05, 0) is 32.7 Å². The summed E-state index contributed by atoms with van der Waals surface area (Å²) in [5.74, 6) is 0. The number of rotatable bonds is 10. The summed E-state index contributed by atoms with van der Waals surface area (Å²) in [5, 5.41) is 12.5. The maximum atomic E-state index is 9.23. The highest BCUT2D eigenvalue weighted by molar-refractivity contribution is 5.05. The second kappa shape index (κ2) is 9.41. The van der Waals surface area contributed by atoms with Crippen LogP contribution < -0.4 is 5.32 Å². The standard InChI is InChI=1S/C13H26N2O2/c1-5-13(11-14,15-6-2)8-7-9-17-12(3)10-16-4/h12,15H,5-10H2,1-4H3. The first-order valence-electron chi connectivity index (χ1n) is 6.41. The molecule has 0 aromatic heterocycles. The lowest BCUT2D eigenvalue weighted by Crippen LogP contribution is -2.43. The van der Waals surface area contributed by atoms with Crippen LogP contribution >= 0.6 is 0 Å². The first kappa shape index (κ1) is 16.4. The molecule has 4 heteroatoms. The number of hydrogen-bond acceptors (Lipinski definition) is 4. The van der Waals surface area contributed by atoms with E-state index in [0.29, 0.717) is 13.2 Å². The Labute approximate surface area is 105 Å². The van der Waals surface area contributed by atoms with Crippen LogP contribution in [0.3, 0.4) is 0 Å². The molecule has 1 N–H and O–H groups in total. The topological polar surface area (TPSA) is 54.3 Å². The predicted octanol–water partition coefficient (Wildman–Crippen LogP) is 2.10. The van der Waals surface area contributed by atoms with Gasteiger partial charge in [-0.1, -0.05) is 13.8 Å². The molecular weight excluding hydrogens is 216 g/mol. The van der Waals surface area contributed by atoms with Crippen molar-refractivity contribution in [3.8, 4) is 6.07 Å². The Kier molecular flexibility index (Phi) is 9.06. The second-order valence-electron chi connectivity index (χ2n) is 4.32. The molecule has 0 rings (SSSR count). The minimum Gasteiger partial charge on any atom is -0.382 e. The largest absolute Gasteiger partial charge is 0.382 e. The zero-order valence-electron chi connectivity index (χ0n) is 11.6. The van der Waals surface area contributed by atoms with Crippen molar-refractivity contribution in [1.29, 1.82) is 5.26 Å². The molecule has 0 saturated carbocycles. The molecule has 0 spiro atoms. The lowest BCUT2D eigenvalue weighted by molar-refractivity contribution is 0.00636. The van der Waals surface area contributed by atoms with Crippen LogP contribution in [-0.2, 0) is 9.47 Å². The lowest BCUT2D eigenvalue weighted by atomic mass is 9.92. The normalized spacial score (nSPS) is 16.2. The minimum absolute atomic E-state index is 0.122. The fourth-order valence-corrected chi connectivity index (χ4v) is 1.84. The number of nitrogens with one attached hydrogen (secondary N) is 1. The second-order valence-corrected chi connectivity index (χ2v) is 4.32. The van der Waals surface area contributed by atoms with E-state index in [-0.39, 0.29) is 11.6 Å². The van der Waals surface area contributed by atoms with Gasteiger partial charge in [-0.15, -0.1) is 0 Å². The van der Waals surface area contributed by atoms with Crippen LogP contribution in [0.5, 0.6) is 0 Å². The Morgan fingerprint density at radius 3 is 2.59 bits per heavy atom. The van der Waals surface area contributed by atoms with E-state index in [9.17, 15) is 5.26 Å². The van der Waals surface area contributed by atoms with Gasteiger partial charge in [-0.25, -0.2) is 0 Å². The fraction of sp³-hybridized carbons (Fsp3) is 0.923. The Bertz CT molecular complexity index is 228. The zero-order valence-corrected chi connectivity index (χ0v) is 11.6.